The normalized spacial score (nSPS) is 11.2. The van der Waals surface area contributed by atoms with Crippen molar-refractivity contribution in [3.8, 4) is 5.75 Å². The van der Waals surface area contributed by atoms with Crippen molar-refractivity contribution in [1.82, 2.24) is 0 Å². The van der Waals surface area contributed by atoms with Gasteiger partial charge in [-0.05, 0) is 34.7 Å². The highest BCUT2D eigenvalue weighted by molar-refractivity contribution is 14.1. The molecule has 1 aromatic carbocycles. The maximum atomic E-state index is 11.3. The molecule has 0 amide bonds. The molecular weight excluding hydrogens is 347 g/mol. The SMILES string of the molecule is COc1c(I)cc(S(C)(=O)=O)cc1C(=O)O. The summed E-state index contributed by atoms with van der Waals surface area (Å²) in [6, 6.07) is 2.47. The minimum Gasteiger partial charge on any atom is -0.495 e. The fourth-order valence-electron chi connectivity index (χ4n) is 1.15. The summed E-state index contributed by atoms with van der Waals surface area (Å²) >= 11 is 1.83. The average molecular weight is 356 g/mol. The van der Waals surface area contributed by atoms with E-state index in [-0.39, 0.29) is 16.2 Å². The van der Waals surface area contributed by atoms with E-state index in [0.29, 0.717) is 3.57 Å². The Bertz CT molecular complexity index is 535. The number of rotatable bonds is 3. The van der Waals surface area contributed by atoms with E-state index in [1.54, 1.807) is 0 Å². The van der Waals surface area contributed by atoms with Crippen molar-refractivity contribution in [1.29, 1.82) is 0 Å². The van der Waals surface area contributed by atoms with Gasteiger partial charge in [0.05, 0.1) is 15.6 Å². The summed E-state index contributed by atoms with van der Waals surface area (Å²) in [4.78, 5) is 10.9. The van der Waals surface area contributed by atoms with Crippen LogP contribution in [0.25, 0.3) is 0 Å². The molecule has 0 fully saturated rings. The van der Waals surface area contributed by atoms with Crippen LogP contribution in [0.15, 0.2) is 17.0 Å². The largest absolute Gasteiger partial charge is 0.495 e. The number of benzene rings is 1. The summed E-state index contributed by atoms with van der Waals surface area (Å²) in [5.74, 6) is -1.05. The van der Waals surface area contributed by atoms with E-state index in [0.717, 1.165) is 12.3 Å². The minimum atomic E-state index is -3.43. The van der Waals surface area contributed by atoms with Gasteiger partial charge < -0.3 is 9.84 Å². The van der Waals surface area contributed by atoms with Gasteiger partial charge in [-0.2, -0.15) is 0 Å². The fraction of sp³-hybridized carbons (Fsp3) is 0.222. The van der Waals surface area contributed by atoms with E-state index in [9.17, 15) is 13.2 Å². The molecule has 0 bridgehead atoms. The molecule has 0 spiro atoms. The predicted octanol–water partition coefficient (Wildman–Crippen LogP) is 1.40. The highest BCUT2D eigenvalue weighted by Gasteiger charge is 2.19. The number of carboxylic acid groups (broad SMARTS) is 1. The number of methoxy groups -OCH3 is 1. The fourth-order valence-corrected chi connectivity index (χ4v) is 2.87. The van der Waals surface area contributed by atoms with E-state index in [1.165, 1.54) is 13.2 Å². The average Bonchev–Trinajstić information content (AvgIpc) is 2.14. The van der Waals surface area contributed by atoms with E-state index in [4.69, 9.17) is 9.84 Å². The molecule has 0 aromatic heterocycles. The summed E-state index contributed by atoms with van der Waals surface area (Å²) in [7, 11) is -2.09. The van der Waals surface area contributed by atoms with Gasteiger partial charge in [0.25, 0.3) is 0 Å². The molecule has 0 atom stereocenters. The standard InChI is InChI=1S/C9H9IO5S/c1-15-8-6(9(11)12)3-5(4-7(8)10)16(2,13)14/h3-4H,1-2H3,(H,11,12). The Morgan fingerprint density at radius 3 is 2.38 bits per heavy atom. The smallest absolute Gasteiger partial charge is 0.339 e. The van der Waals surface area contributed by atoms with Gasteiger partial charge in [-0.3, -0.25) is 0 Å². The van der Waals surface area contributed by atoms with Gasteiger partial charge >= 0.3 is 5.97 Å². The third-order valence-corrected chi connectivity index (χ3v) is 3.77. The molecule has 0 heterocycles. The van der Waals surface area contributed by atoms with Gasteiger partial charge in [0.2, 0.25) is 0 Å². The summed E-state index contributed by atoms with van der Waals surface area (Å²) in [6.07, 6.45) is 1.02. The van der Waals surface area contributed by atoms with Crippen molar-refractivity contribution in [2.24, 2.45) is 0 Å². The molecule has 0 saturated heterocycles. The van der Waals surface area contributed by atoms with Crippen LogP contribution in [-0.2, 0) is 9.84 Å². The Kier molecular flexibility index (Phi) is 3.79. The van der Waals surface area contributed by atoms with Gasteiger partial charge in [-0.25, -0.2) is 13.2 Å². The van der Waals surface area contributed by atoms with Gasteiger partial charge in [-0.1, -0.05) is 0 Å². The second-order valence-electron chi connectivity index (χ2n) is 3.06. The maximum absolute atomic E-state index is 11.3. The van der Waals surface area contributed by atoms with Gasteiger partial charge in [-0.15, -0.1) is 0 Å². The van der Waals surface area contributed by atoms with Crippen molar-refractivity contribution in [2.75, 3.05) is 13.4 Å². The van der Waals surface area contributed by atoms with E-state index >= 15 is 0 Å². The number of halogens is 1. The van der Waals surface area contributed by atoms with Gasteiger partial charge in [0, 0.05) is 6.26 Å². The van der Waals surface area contributed by atoms with Gasteiger partial charge in [0.15, 0.2) is 9.84 Å². The van der Waals surface area contributed by atoms with Crippen LogP contribution >= 0.6 is 22.6 Å². The quantitative estimate of drug-likeness (QED) is 0.829. The zero-order valence-electron chi connectivity index (χ0n) is 8.52. The number of carboxylic acids is 1. The maximum Gasteiger partial charge on any atom is 0.339 e. The highest BCUT2D eigenvalue weighted by Crippen LogP contribution is 2.29. The van der Waals surface area contributed by atoms with Crippen LogP contribution in [0.1, 0.15) is 10.4 Å². The topological polar surface area (TPSA) is 80.7 Å². The molecule has 88 valence electrons. The molecule has 0 aliphatic rings. The molecular formula is C9H9IO5S. The van der Waals surface area contributed by atoms with E-state index in [2.05, 4.69) is 0 Å². The van der Waals surface area contributed by atoms with Crippen LogP contribution in [0, 0.1) is 3.57 Å². The molecule has 7 heteroatoms. The molecule has 16 heavy (non-hydrogen) atoms. The number of hydrogen-bond acceptors (Lipinski definition) is 4. The van der Waals surface area contributed by atoms with Gasteiger partial charge in [0.1, 0.15) is 11.3 Å². The summed E-state index contributed by atoms with van der Waals surface area (Å²) < 4.78 is 28.0. The number of hydrogen-bond donors (Lipinski definition) is 1. The van der Waals surface area contributed by atoms with Crippen LogP contribution in [0.4, 0.5) is 0 Å². The van der Waals surface area contributed by atoms with Crippen LogP contribution < -0.4 is 4.74 Å². The lowest BCUT2D eigenvalue weighted by Gasteiger charge is -2.09. The van der Waals surface area contributed by atoms with E-state index in [1.807, 2.05) is 22.6 Å². The first-order chi connectivity index (χ1) is 7.27. The van der Waals surface area contributed by atoms with Crippen molar-refractivity contribution in [2.45, 2.75) is 4.90 Å². The zero-order valence-corrected chi connectivity index (χ0v) is 11.5. The molecule has 0 aliphatic carbocycles. The number of carbonyl (C=O) groups is 1. The molecule has 0 saturated carbocycles. The third kappa shape index (κ3) is 2.64. The minimum absolute atomic E-state index is 0.0323. The molecule has 1 N–H and O–H groups in total. The van der Waals surface area contributed by atoms with Crippen molar-refractivity contribution in [3.63, 3.8) is 0 Å². The second-order valence-corrected chi connectivity index (χ2v) is 6.24. The Labute approximate surface area is 106 Å². The Balaban J connectivity index is 3.59. The molecule has 0 radical (unpaired) electrons. The summed E-state index contributed by atoms with van der Waals surface area (Å²) in [6.45, 7) is 0. The second kappa shape index (κ2) is 4.58. The van der Waals surface area contributed by atoms with Crippen LogP contribution in [-0.4, -0.2) is 32.9 Å². The predicted molar refractivity (Wildman–Crippen MR) is 65.8 cm³/mol. The number of sulfone groups is 1. The third-order valence-electron chi connectivity index (χ3n) is 1.88. The van der Waals surface area contributed by atoms with Crippen molar-refractivity contribution >= 4 is 38.4 Å². The zero-order chi connectivity index (χ0) is 12.5. The molecule has 0 unspecified atom stereocenters. The first-order valence-electron chi connectivity index (χ1n) is 4.08. The molecule has 1 rings (SSSR count). The van der Waals surface area contributed by atoms with Crippen molar-refractivity contribution in [3.05, 3.63) is 21.3 Å². The van der Waals surface area contributed by atoms with E-state index < -0.39 is 15.8 Å². The highest BCUT2D eigenvalue weighted by atomic mass is 127. The Morgan fingerprint density at radius 2 is 2.00 bits per heavy atom. The first-order valence-corrected chi connectivity index (χ1v) is 7.05. The lowest BCUT2D eigenvalue weighted by molar-refractivity contribution is 0.0693. The van der Waals surface area contributed by atoms with Crippen LogP contribution in [0.2, 0.25) is 0 Å². The summed E-state index contributed by atoms with van der Waals surface area (Å²) in [5, 5.41) is 8.93. The number of ether oxygens (including phenoxy) is 1. The monoisotopic (exact) mass is 356 g/mol. The molecule has 1 aromatic rings. The molecule has 0 aliphatic heterocycles. The number of aromatic carboxylic acids is 1. The Morgan fingerprint density at radius 1 is 1.44 bits per heavy atom. The molecule has 5 nitrogen and oxygen atoms in total. The van der Waals surface area contributed by atoms with Crippen LogP contribution in [0.3, 0.4) is 0 Å². The Hall–Kier alpha value is -0.830. The summed E-state index contributed by atoms with van der Waals surface area (Å²) in [5.41, 5.74) is -0.158. The first kappa shape index (κ1) is 13.2. The lowest BCUT2D eigenvalue weighted by Crippen LogP contribution is -2.06. The van der Waals surface area contributed by atoms with Crippen LogP contribution in [0.5, 0.6) is 5.75 Å². The van der Waals surface area contributed by atoms with Crippen molar-refractivity contribution < 1.29 is 23.1 Å². The lowest BCUT2D eigenvalue weighted by atomic mass is 10.2.